The van der Waals surface area contributed by atoms with Gasteiger partial charge in [-0.05, 0) is 38.8 Å². The van der Waals surface area contributed by atoms with Crippen LogP contribution in [0.2, 0.25) is 0 Å². The molecule has 0 bridgehead atoms. The lowest BCUT2D eigenvalue weighted by molar-refractivity contribution is 0.743. The zero-order valence-electron chi connectivity index (χ0n) is 12.4. The Morgan fingerprint density at radius 2 is 1.35 bits per heavy atom. The van der Waals surface area contributed by atoms with E-state index < -0.39 is 0 Å². The Balaban J connectivity index is 0.00000121. The average molecular weight is 236 g/mol. The summed E-state index contributed by atoms with van der Waals surface area (Å²) in [4.78, 5) is 6.86. The van der Waals surface area contributed by atoms with Gasteiger partial charge in [-0.1, -0.05) is 27.7 Å². The molecule has 1 rings (SSSR count). The molecule has 0 N–H and O–H groups in total. The van der Waals surface area contributed by atoms with E-state index in [1.807, 2.05) is 13.8 Å². The molecule has 0 saturated heterocycles. The second-order valence-corrected chi connectivity index (χ2v) is 4.10. The Kier molecular flexibility index (Phi) is 8.47. The van der Waals surface area contributed by atoms with Crippen molar-refractivity contribution in [3.8, 4) is 0 Å². The smallest absolute Gasteiger partial charge is 0.0402 e. The van der Waals surface area contributed by atoms with Crippen LogP contribution in [0.15, 0.2) is 12.1 Å². The number of nitrogens with zero attached hydrogens (tertiary/aromatic N) is 2. The minimum atomic E-state index is 1.11. The Morgan fingerprint density at radius 3 is 1.71 bits per heavy atom. The summed E-state index contributed by atoms with van der Waals surface area (Å²) >= 11 is 0. The van der Waals surface area contributed by atoms with Gasteiger partial charge in [-0.2, -0.15) is 0 Å². The van der Waals surface area contributed by atoms with Gasteiger partial charge < -0.3 is 4.90 Å². The number of hydrogen-bond donors (Lipinski definition) is 0. The van der Waals surface area contributed by atoms with Crippen molar-refractivity contribution < 1.29 is 0 Å². The lowest BCUT2D eigenvalue weighted by Crippen LogP contribution is -2.25. The molecule has 0 aliphatic carbocycles. The predicted molar refractivity (Wildman–Crippen MR) is 77.9 cm³/mol. The fourth-order valence-corrected chi connectivity index (χ4v) is 1.90. The van der Waals surface area contributed by atoms with Gasteiger partial charge in [-0.15, -0.1) is 0 Å². The van der Waals surface area contributed by atoms with E-state index in [2.05, 4.69) is 49.7 Å². The van der Waals surface area contributed by atoms with Gasteiger partial charge in [0.1, 0.15) is 0 Å². The van der Waals surface area contributed by atoms with Crippen LogP contribution in [-0.2, 0) is 0 Å². The van der Waals surface area contributed by atoms with E-state index in [0.717, 1.165) is 24.5 Å². The number of anilines is 1. The van der Waals surface area contributed by atoms with Gasteiger partial charge in [0.25, 0.3) is 0 Å². The molecule has 1 aromatic heterocycles. The van der Waals surface area contributed by atoms with E-state index in [4.69, 9.17) is 0 Å². The van der Waals surface area contributed by atoms with Gasteiger partial charge in [-0.3, -0.25) is 4.98 Å². The average Bonchev–Trinajstić information content (AvgIpc) is 2.30. The first kappa shape index (κ1) is 16.0. The zero-order valence-corrected chi connectivity index (χ0v) is 12.4. The molecule has 0 unspecified atom stereocenters. The van der Waals surface area contributed by atoms with Crippen molar-refractivity contribution in [1.29, 1.82) is 0 Å². The molecule has 1 aromatic rings. The summed E-state index contributed by atoms with van der Waals surface area (Å²) in [6, 6.07) is 4.36. The summed E-state index contributed by atoms with van der Waals surface area (Å²) in [7, 11) is 0. The highest BCUT2D eigenvalue weighted by atomic mass is 15.1. The number of aromatic nitrogens is 1. The van der Waals surface area contributed by atoms with E-state index >= 15 is 0 Å². The van der Waals surface area contributed by atoms with Crippen molar-refractivity contribution >= 4 is 5.69 Å². The summed E-state index contributed by atoms with van der Waals surface area (Å²) < 4.78 is 0. The minimum Gasteiger partial charge on any atom is -0.371 e. The third kappa shape index (κ3) is 5.71. The van der Waals surface area contributed by atoms with Gasteiger partial charge in [0, 0.05) is 30.2 Å². The first-order valence-corrected chi connectivity index (χ1v) is 6.87. The van der Waals surface area contributed by atoms with Crippen LogP contribution in [0.1, 0.15) is 51.9 Å². The highest BCUT2D eigenvalue weighted by Crippen LogP contribution is 2.17. The van der Waals surface area contributed by atoms with Crippen molar-refractivity contribution in [2.45, 2.75) is 54.4 Å². The van der Waals surface area contributed by atoms with Crippen LogP contribution >= 0.6 is 0 Å². The molecule has 0 atom stereocenters. The summed E-state index contributed by atoms with van der Waals surface area (Å²) in [5.41, 5.74) is 3.55. The van der Waals surface area contributed by atoms with Crippen molar-refractivity contribution in [2.24, 2.45) is 0 Å². The zero-order chi connectivity index (χ0) is 13.3. The van der Waals surface area contributed by atoms with E-state index in [1.54, 1.807) is 0 Å². The summed E-state index contributed by atoms with van der Waals surface area (Å²) in [5.74, 6) is 0. The quantitative estimate of drug-likeness (QED) is 0.755. The molecule has 0 amide bonds. The Hall–Kier alpha value is -1.05. The van der Waals surface area contributed by atoms with Gasteiger partial charge in [0.05, 0.1) is 0 Å². The Morgan fingerprint density at radius 1 is 0.941 bits per heavy atom. The molecule has 2 nitrogen and oxygen atoms in total. The molecule has 0 spiro atoms. The SMILES string of the molecule is CC.CCCN(CCC)c1cc(C)nc(C)c1. The Labute approximate surface area is 107 Å². The third-order valence-corrected chi connectivity index (χ3v) is 2.42. The Bertz CT molecular complexity index is 282. The molecule has 0 fully saturated rings. The van der Waals surface area contributed by atoms with E-state index in [0.29, 0.717) is 0 Å². The standard InChI is InChI=1S/C13H22N2.C2H6/c1-5-7-15(8-6-2)13-9-11(3)14-12(4)10-13;1-2/h9-10H,5-8H2,1-4H3;1-2H3. The molecule has 1 heterocycles. The number of pyridine rings is 1. The normalized spacial score (nSPS) is 9.53. The van der Waals surface area contributed by atoms with Crippen LogP contribution in [0.3, 0.4) is 0 Å². The van der Waals surface area contributed by atoms with Crippen LogP contribution in [-0.4, -0.2) is 18.1 Å². The topological polar surface area (TPSA) is 16.1 Å². The molecule has 17 heavy (non-hydrogen) atoms. The van der Waals surface area contributed by atoms with Crippen LogP contribution in [0.5, 0.6) is 0 Å². The number of rotatable bonds is 5. The first-order chi connectivity index (χ1) is 8.17. The molecule has 0 aromatic carbocycles. The molecule has 0 aliphatic heterocycles. The van der Waals surface area contributed by atoms with Crippen molar-refractivity contribution in [2.75, 3.05) is 18.0 Å². The van der Waals surface area contributed by atoms with Crippen molar-refractivity contribution in [3.05, 3.63) is 23.5 Å². The number of aryl methyl sites for hydroxylation is 2. The molecule has 0 radical (unpaired) electrons. The van der Waals surface area contributed by atoms with Crippen LogP contribution in [0.25, 0.3) is 0 Å². The highest BCUT2D eigenvalue weighted by Gasteiger charge is 2.05. The molecular weight excluding hydrogens is 208 g/mol. The van der Waals surface area contributed by atoms with E-state index in [-0.39, 0.29) is 0 Å². The van der Waals surface area contributed by atoms with Gasteiger partial charge in [0.2, 0.25) is 0 Å². The maximum absolute atomic E-state index is 4.41. The van der Waals surface area contributed by atoms with Crippen molar-refractivity contribution in [3.63, 3.8) is 0 Å². The monoisotopic (exact) mass is 236 g/mol. The largest absolute Gasteiger partial charge is 0.371 e. The van der Waals surface area contributed by atoms with Crippen LogP contribution < -0.4 is 4.90 Å². The maximum atomic E-state index is 4.41. The molecule has 98 valence electrons. The van der Waals surface area contributed by atoms with Crippen LogP contribution in [0, 0.1) is 13.8 Å². The van der Waals surface area contributed by atoms with E-state index in [9.17, 15) is 0 Å². The maximum Gasteiger partial charge on any atom is 0.0402 e. The summed E-state index contributed by atoms with van der Waals surface area (Å²) in [6.45, 7) is 14.8. The first-order valence-electron chi connectivity index (χ1n) is 6.87. The fourth-order valence-electron chi connectivity index (χ4n) is 1.90. The lowest BCUT2D eigenvalue weighted by atomic mass is 10.2. The number of hydrogen-bond acceptors (Lipinski definition) is 2. The summed E-state index contributed by atoms with van der Waals surface area (Å²) in [5, 5.41) is 0. The fraction of sp³-hybridized carbons (Fsp3) is 0.667. The van der Waals surface area contributed by atoms with Crippen LogP contribution in [0.4, 0.5) is 5.69 Å². The molecular formula is C15H28N2. The molecule has 2 heteroatoms. The predicted octanol–water partition coefficient (Wildman–Crippen LogP) is 4.35. The van der Waals surface area contributed by atoms with Gasteiger partial charge >= 0.3 is 0 Å². The lowest BCUT2D eigenvalue weighted by Gasteiger charge is -2.24. The minimum absolute atomic E-state index is 1.11. The van der Waals surface area contributed by atoms with Gasteiger partial charge in [-0.25, -0.2) is 0 Å². The molecule has 0 saturated carbocycles. The van der Waals surface area contributed by atoms with Crippen molar-refractivity contribution in [1.82, 2.24) is 4.98 Å². The highest BCUT2D eigenvalue weighted by molar-refractivity contribution is 5.48. The molecule has 0 aliphatic rings. The van der Waals surface area contributed by atoms with Gasteiger partial charge in [0.15, 0.2) is 0 Å². The third-order valence-electron chi connectivity index (χ3n) is 2.42. The second kappa shape index (κ2) is 9.03. The summed E-state index contributed by atoms with van der Waals surface area (Å²) in [6.07, 6.45) is 2.39. The second-order valence-electron chi connectivity index (χ2n) is 4.10. The van der Waals surface area contributed by atoms with E-state index in [1.165, 1.54) is 18.5 Å².